The second-order valence-electron chi connectivity index (χ2n) is 2.68. The maximum Gasteiger partial charge on any atom is 0.341 e. The molecule has 0 heterocycles. The Bertz CT molecular complexity index is 230. The topological polar surface area (TPSA) is 52.6 Å². The average molecular weight is 200 g/mol. The van der Waals surface area contributed by atoms with Crippen LogP contribution < -0.4 is 0 Å². The Balaban J connectivity index is 4.35. The van der Waals surface area contributed by atoms with Gasteiger partial charge in [-0.3, -0.25) is 4.79 Å². The van der Waals surface area contributed by atoms with Gasteiger partial charge in [0, 0.05) is 13.7 Å². The molecule has 0 saturated carbocycles. The first-order valence-corrected chi connectivity index (χ1v) is 4.50. The first-order valence-electron chi connectivity index (χ1n) is 4.50. The van der Waals surface area contributed by atoms with Gasteiger partial charge in [0.1, 0.15) is 0 Å². The van der Waals surface area contributed by atoms with Gasteiger partial charge in [0.2, 0.25) is 0 Å². The van der Waals surface area contributed by atoms with Gasteiger partial charge in [0.15, 0.2) is 5.78 Å². The van der Waals surface area contributed by atoms with Crippen LogP contribution in [0.25, 0.3) is 0 Å². The van der Waals surface area contributed by atoms with Crippen LogP contribution in [-0.4, -0.2) is 32.1 Å². The molecule has 0 aromatic rings. The number of ether oxygens (including phenoxy) is 2. The van der Waals surface area contributed by atoms with Crippen LogP contribution in [0.15, 0.2) is 11.6 Å². The van der Waals surface area contributed by atoms with Crippen molar-refractivity contribution < 1.29 is 19.1 Å². The van der Waals surface area contributed by atoms with Crippen LogP contribution in [0, 0.1) is 0 Å². The molecule has 0 radical (unpaired) electrons. The lowest BCUT2D eigenvalue weighted by molar-refractivity contribution is -0.139. The van der Waals surface area contributed by atoms with Crippen LogP contribution in [-0.2, 0) is 19.1 Å². The summed E-state index contributed by atoms with van der Waals surface area (Å²) < 4.78 is 9.53. The lowest BCUT2D eigenvalue weighted by atomic mass is 10.1. The number of methoxy groups -OCH3 is 1. The van der Waals surface area contributed by atoms with Crippen molar-refractivity contribution in [1.82, 2.24) is 0 Å². The van der Waals surface area contributed by atoms with Crippen molar-refractivity contribution in [2.24, 2.45) is 0 Å². The minimum atomic E-state index is -0.559. The van der Waals surface area contributed by atoms with E-state index < -0.39 is 5.97 Å². The Labute approximate surface area is 83.9 Å². The lowest BCUT2D eigenvalue weighted by Crippen LogP contribution is -2.13. The van der Waals surface area contributed by atoms with Crippen molar-refractivity contribution in [3.05, 3.63) is 11.6 Å². The molecular weight excluding hydrogens is 184 g/mol. The van der Waals surface area contributed by atoms with E-state index in [-0.39, 0.29) is 18.0 Å². The van der Waals surface area contributed by atoms with Crippen LogP contribution in [0.4, 0.5) is 0 Å². The van der Waals surface area contributed by atoms with E-state index in [1.54, 1.807) is 20.1 Å². The fourth-order valence-corrected chi connectivity index (χ4v) is 0.901. The molecule has 0 aromatic carbocycles. The Morgan fingerprint density at radius 3 is 2.43 bits per heavy atom. The number of ketones is 1. The first-order chi connectivity index (χ1) is 6.63. The predicted molar refractivity (Wildman–Crippen MR) is 51.9 cm³/mol. The summed E-state index contributed by atoms with van der Waals surface area (Å²) in [4.78, 5) is 22.3. The number of carbonyl (C=O) groups excluding carboxylic acids is 2. The van der Waals surface area contributed by atoms with E-state index in [1.807, 2.05) is 0 Å². The molecule has 14 heavy (non-hydrogen) atoms. The van der Waals surface area contributed by atoms with Gasteiger partial charge in [-0.25, -0.2) is 4.79 Å². The van der Waals surface area contributed by atoms with Crippen molar-refractivity contribution >= 4 is 11.8 Å². The van der Waals surface area contributed by atoms with E-state index in [0.29, 0.717) is 13.0 Å². The van der Waals surface area contributed by atoms with E-state index in [9.17, 15) is 9.59 Å². The molecule has 0 aliphatic carbocycles. The van der Waals surface area contributed by atoms with Gasteiger partial charge in [-0.1, -0.05) is 6.08 Å². The number of rotatable bonds is 6. The molecule has 0 saturated heterocycles. The summed E-state index contributed by atoms with van der Waals surface area (Å²) in [5.41, 5.74) is 0.101. The van der Waals surface area contributed by atoms with Crippen LogP contribution in [0.1, 0.15) is 20.3 Å². The van der Waals surface area contributed by atoms with E-state index in [0.717, 1.165) is 0 Å². The number of hydrogen-bond acceptors (Lipinski definition) is 4. The maximum absolute atomic E-state index is 11.2. The van der Waals surface area contributed by atoms with Crippen molar-refractivity contribution in [3.63, 3.8) is 0 Å². The molecule has 80 valence electrons. The summed E-state index contributed by atoms with van der Waals surface area (Å²) in [6.07, 6.45) is 2.08. The zero-order chi connectivity index (χ0) is 11.0. The van der Waals surface area contributed by atoms with Crippen LogP contribution in [0.3, 0.4) is 0 Å². The second kappa shape index (κ2) is 7.26. The Hall–Kier alpha value is -1.16. The summed E-state index contributed by atoms with van der Waals surface area (Å²) in [6.45, 7) is 3.80. The summed E-state index contributed by atoms with van der Waals surface area (Å²) in [5, 5.41) is 0. The molecular formula is C10H16O4. The van der Waals surface area contributed by atoms with Gasteiger partial charge >= 0.3 is 5.97 Å². The molecule has 0 rings (SSSR count). The smallest absolute Gasteiger partial charge is 0.341 e. The normalized spacial score (nSPS) is 11.2. The first kappa shape index (κ1) is 12.8. The molecule has 0 aromatic heterocycles. The highest BCUT2D eigenvalue weighted by molar-refractivity contribution is 6.16. The minimum Gasteiger partial charge on any atom is -0.462 e. The number of carbonyl (C=O) groups is 2. The zero-order valence-electron chi connectivity index (χ0n) is 8.83. The summed E-state index contributed by atoms with van der Waals surface area (Å²) >= 11 is 0. The van der Waals surface area contributed by atoms with E-state index in [2.05, 4.69) is 0 Å². The van der Waals surface area contributed by atoms with E-state index >= 15 is 0 Å². The summed E-state index contributed by atoms with van der Waals surface area (Å²) in [7, 11) is 1.56. The molecule has 4 heteroatoms. The van der Waals surface area contributed by atoms with Gasteiger partial charge in [-0.2, -0.15) is 0 Å². The molecule has 0 aliphatic rings. The van der Waals surface area contributed by atoms with Gasteiger partial charge in [0.25, 0.3) is 0 Å². The fraction of sp³-hybridized carbons (Fsp3) is 0.600. The fourth-order valence-electron chi connectivity index (χ4n) is 0.901. The monoisotopic (exact) mass is 200 g/mol. The van der Waals surface area contributed by atoms with Gasteiger partial charge < -0.3 is 9.47 Å². The van der Waals surface area contributed by atoms with Crippen molar-refractivity contribution in [2.45, 2.75) is 20.3 Å². The standard InChI is InChI=1S/C10H16O4/c1-4-14-10(12)9(8(2)11)6-5-7-13-3/h6H,4-5,7H2,1-3H3. The SMILES string of the molecule is CCOC(=O)C(=CCCOC)C(C)=O. The molecule has 0 atom stereocenters. The molecule has 0 bridgehead atoms. The maximum atomic E-state index is 11.2. The second-order valence-corrected chi connectivity index (χ2v) is 2.68. The molecule has 0 N–H and O–H groups in total. The third kappa shape index (κ3) is 4.77. The summed E-state index contributed by atoms with van der Waals surface area (Å²) in [5.74, 6) is -0.837. The molecule has 0 aliphatic heterocycles. The molecule has 0 spiro atoms. The number of Topliss-reactive ketones (excluding diaryl/α,β-unsaturated/α-hetero) is 1. The highest BCUT2D eigenvalue weighted by Gasteiger charge is 2.14. The van der Waals surface area contributed by atoms with Crippen molar-refractivity contribution in [2.75, 3.05) is 20.3 Å². The highest BCUT2D eigenvalue weighted by Crippen LogP contribution is 2.02. The van der Waals surface area contributed by atoms with Crippen molar-refractivity contribution in [3.8, 4) is 0 Å². The number of esters is 1. The molecule has 4 nitrogen and oxygen atoms in total. The summed E-state index contributed by atoms with van der Waals surface area (Å²) in [6, 6.07) is 0. The molecule has 0 fully saturated rings. The Morgan fingerprint density at radius 1 is 1.36 bits per heavy atom. The lowest BCUT2D eigenvalue weighted by Gasteiger charge is -2.03. The van der Waals surface area contributed by atoms with Crippen LogP contribution >= 0.6 is 0 Å². The third-order valence-corrected chi connectivity index (χ3v) is 1.55. The number of hydrogen-bond donors (Lipinski definition) is 0. The Kier molecular flexibility index (Phi) is 6.66. The minimum absolute atomic E-state index is 0.101. The van der Waals surface area contributed by atoms with Gasteiger partial charge in [0.05, 0.1) is 12.2 Å². The Morgan fingerprint density at radius 2 is 2.00 bits per heavy atom. The van der Waals surface area contributed by atoms with E-state index in [4.69, 9.17) is 9.47 Å². The van der Waals surface area contributed by atoms with E-state index in [1.165, 1.54) is 6.92 Å². The quantitative estimate of drug-likeness (QED) is 0.212. The molecule has 0 unspecified atom stereocenters. The average Bonchev–Trinajstić information content (AvgIpc) is 2.12. The van der Waals surface area contributed by atoms with Crippen LogP contribution in [0.5, 0.6) is 0 Å². The third-order valence-electron chi connectivity index (χ3n) is 1.55. The predicted octanol–water partition coefficient (Wildman–Crippen LogP) is 1.10. The zero-order valence-corrected chi connectivity index (χ0v) is 8.83. The largest absolute Gasteiger partial charge is 0.462 e. The van der Waals surface area contributed by atoms with Crippen LogP contribution in [0.2, 0.25) is 0 Å². The van der Waals surface area contributed by atoms with Gasteiger partial charge in [-0.15, -0.1) is 0 Å². The highest BCUT2D eigenvalue weighted by atomic mass is 16.5. The van der Waals surface area contributed by atoms with Crippen molar-refractivity contribution in [1.29, 1.82) is 0 Å². The molecule has 0 amide bonds. The van der Waals surface area contributed by atoms with Gasteiger partial charge in [-0.05, 0) is 20.3 Å².